The van der Waals surface area contributed by atoms with Crippen LogP contribution >= 0.6 is 0 Å². The fraction of sp³-hybridized carbons (Fsp3) is 0.130. The lowest BCUT2D eigenvalue weighted by Crippen LogP contribution is -2.24. The van der Waals surface area contributed by atoms with Crippen LogP contribution in [0.4, 0.5) is 5.82 Å². The van der Waals surface area contributed by atoms with Crippen molar-refractivity contribution in [3.05, 3.63) is 66.2 Å². The van der Waals surface area contributed by atoms with E-state index in [4.69, 9.17) is 10.5 Å². The van der Waals surface area contributed by atoms with Gasteiger partial charge in [-0.05, 0) is 42.8 Å². The first-order valence-corrected chi connectivity index (χ1v) is 9.99. The second-order valence-corrected chi connectivity index (χ2v) is 6.86. The van der Waals surface area contributed by atoms with Crippen LogP contribution in [0.2, 0.25) is 0 Å². The highest BCUT2D eigenvalue weighted by molar-refractivity contribution is 6.10. The lowest BCUT2D eigenvalue weighted by atomic mass is 10.2. The van der Waals surface area contributed by atoms with E-state index in [0.29, 0.717) is 40.1 Å². The topological polar surface area (TPSA) is 128 Å². The Morgan fingerprint density at radius 3 is 2.75 bits per heavy atom. The number of nitrogen functional groups attached to an aromatic ring is 1. The summed E-state index contributed by atoms with van der Waals surface area (Å²) in [7, 11) is 0. The van der Waals surface area contributed by atoms with E-state index in [-0.39, 0.29) is 23.7 Å². The maximum Gasteiger partial charge on any atom is 0.257 e. The number of anilines is 1. The molecule has 2 aromatic carbocycles. The molecule has 9 nitrogen and oxygen atoms in total. The summed E-state index contributed by atoms with van der Waals surface area (Å²) in [4.78, 5) is 22.1. The molecule has 0 spiro atoms. The van der Waals surface area contributed by atoms with Gasteiger partial charge in [-0.2, -0.15) is 9.78 Å². The molecule has 0 bridgehead atoms. The van der Waals surface area contributed by atoms with Crippen molar-refractivity contribution in [3.63, 3.8) is 0 Å². The number of ether oxygens (including phenoxy) is 1. The van der Waals surface area contributed by atoms with Crippen LogP contribution in [-0.2, 0) is 0 Å². The quantitative estimate of drug-likeness (QED) is 0.305. The maximum absolute atomic E-state index is 12.8. The molecule has 2 heterocycles. The van der Waals surface area contributed by atoms with Crippen molar-refractivity contribution in [2.45, 2.75) is 6.92 Å². The molecule has 0 aliphatic rings. The van der Waals surface area contributed by atoms with Gasteiger partial charge in [-0.25, -0.2) is 9.97 Å². The van der Waals surface area contributed by atoms with Crippen molar-refractivity contribution in [1.29, 1.82) is 0 Å². The number of hydrogen-bond donors (Lipinski definition) is 3. The molecule has 4 aromatic rings. The summed E-state index contributed by atoms with van der Waals surface area (Å²) in [6.45, 7) is 6.14. The maximum atomic E-state index is 12.8. The zero-order valence-electron chi connectivity index (χ0n) is 17.4. The number of carbonyl (C=O) groups is 1. The van der Waals surface area contributed by atoms with Gasteiger partial charge in [0.1, 0.15) is 16.9 Å². The molecule has 0 atom stereocenters. The molecule has 32 heavy (non-hydrogen) atoms. The van der Waals surface area contributed by atoms with Crippen LogP contribution in [0.15, 0.2) is 60.2 Å². The number of benzene rings is 2. The Labute approximate surface area is 183 Å². The zero-order valence-corrected chi connectivity index (χ0v) is 17.4. The van der Waals surface area contributed by atoms with Crippen molar-refractivity contribution >= 4 is 40.1 Å². The molecule has 0 aliphatic heterocycles. The first kappa shape index (κ1) is 20.9. The van der Waals surface area contributed by atoms with Crippen molar-refractivity contribution in [3.8, 4) is 11.5 Å². The number of amides is 1. The summed E-state index contributed by atoms with van der Waals surface area (Å²) >= 11 is 0. The van der Waals surface area contributed by atoms with Crippen LogP contribution in [0.25, 0.3) is 22.2 Å². The molecule has 0 aliphatic carbocycles. The number of phenolic OH excluding ortho intramolecular Hbond substituents is 1. The smallest absolute Gasteiger partial charge is 0.257 e. The van der Waals surface area contributed by atoms with E-state index in [0.717, 1.165) is 0 Å². The van der Waals surface area contributed by atoms with Crippen molar-refractivity contribution < 1.29 is 14.6 Å². The SMILES string of the molecule is C=CCNC(=O)c1c(N)n(/N=C/c2ccc(O)c(OCC)c2)c2nc3ccccc3nc12. The monoisotopic (exact) mass is 430 g/mol. The second kappa shape index (κ2) is 8.76. The van der Waals surface area contributed by atoms with Gasteiger partial charge in [0, 0.05) is 6.54 Å². The predicted octanol–water partition coefficient (Wildman–Crippen LogP) is 3.07. The first-order valence-electron chi connectivity index (χ1n) is 9.99. The number of rotatable bonds is 7. The van der Waals surface area contributed by atoms with Gasteiger partial charge < -0.3 is 20.9 Å². The van der Waals surface area contributed by atoms with Crippen LogP contribution in [0.5, 0.6) is 11.5 Å². The number of aromatic hydroxyl groups is 1. The van der Waals surface area contributed by atoms with Crippen molar-refractivity contribution in [1.82, 2.24) is 20.0 Å². The molecule has 0 unspecified atom stereocenters. The molecule has 0 radical (unpaired) electrons. The summed E-state index contributed by atoms with van der Waals surface area (Å²) in [6.07, 6.45) is 3.12. The van der Waals surface area contributed by atoms with E-state index in [2.05, 4.69) is 27.0 Å². The van der Waals surface area contributed by atoms with Gasteiger partial charge in [0.25, 0.3) is 5.91 Å². The van der Waals surface area contributed by atoms with Gasteiger partial charge in [-0.1, -0.05) is 18.2 Å². The normalized spacial score (nSPS) is 11.3. The highest BCUT2D eigenvalue weighted by atomic mass is 16.5. The third-order valence-electron chi connectivity index (χ3n) is 4.71. The minimum atomic E-state index is -0.394. The number of fused-ring (bicyclic) bond motifs is 2. The van der Waals surface area contributed by atoms with Gasteiger partial charge in [-0.3, -0.25) is 4.79 Å². The third-order valence-corrected chi connectivity index (χ3v) is 4.71. The van der Waals surface area contributed by atoms with Crippen LogP contribution in [-0.4, -0.2) is 45.0 Å². The minimum absolute atomic E-state index is 0.0356. The fourth-order valence-electron chi connectivity index (χ4n) is 3.25. The highest BCUT2D eigenvalue weighted by Crippen LogP contribution is 2.29. The summed E-state index contributed by atoms with van der Waals surface area (Å²) in [5.74, 6) is 0.0941. The second-order valence-electron chi connectivity index (χ2n) is 6.86. The zero-order chi connectivity index (χ0) is 22.7. The van der Waals surface area contributed by atoms with Crippen LogP contribution in [0.3, 0.4) is 0 Å². The van der Waals surface area contributed by atoms with E-state index in [1.165, 1.54) is 10.7 Å². The van der Waals surface area contributed by atoms with Crippen LogP contribution < -0.4 is 15.8 Å². The van der Waals surface area contributed by atoms with E-state index >= 15 is 0 Å². The van der Waals surface area contributed by atoms with Gasteiger partial charge in [0.15, 0.2) is 17.1 Å². The Balaban J connectivity index is 1.86. The van der Waals surface area contributed by atoms with Gasteiger partial charge in [0.05, 0.1) is 23.9 Å². The molecule has 2 aromatic heterocycles. The average Bonchev–Trinajstić information content (AvgIpc) is 3.06. The van der Waals surface area contributed by atoms with Crippen LogP contribution in [0.1, 0.15) is 22.8 Å². The standard InChI is InChI=1S/C23H22N6O3/c1-3-11-25-23(31)19-20-22(28-16-8-6-5-7-15(16)27-20)29(21(19)24)26-13-14-9-10-17(30)18(12-14)32-4-2/h3,5-10,12-13,30H,1,4,11,24H2,2H3,(H,25,31)/b26-13+. The number of nitrogens with one attached hydrogen (secondary N) is 1. The summed E-state index contributed by atoms with van der Waals surface area (Å²) < 4.78 is 6.80. The van der Waals surface area contributed by atoms with E-state index < -0.39 is 5.91 Å². The Morgan fingerprint density at radius 2 is 2.03 bits per heavy atom. The molecule has 162 valence electrons. The van der Waals surface area contributed by atoms with E-state index in [1.54, 1.807) is 24.4 Å². The molecular weight excluding hydrogens is 408 g/mol. The number of hydrogen-bond acceptors (Lipinski definition) is 7. The van der Waals surface area contributed by atoms with Crippen molar-refractivity contribution in [2.75, 3.05) is 18.9 Å². The van der Waals surface area contributed by atoms with Gasteiger partial charge in [0.2, 0.25) is 0 Å². The number of aromatic nitrogens is 3. The summed E-state index contributed by atoms with van der Waals surface area (Å²) in [5.41, 5.74) is 9.18. The van der Waals surface area contributed by atoms with E-state index in [9.17, 15) is 9.90 Å². The van der Waals surface area contributed by atoms with Crippen molar-refractivity contribution in [2.24, 2.45) is 5.10 Å². The lowest BCUT2D eigenvalue weighted by Gasteiger charge is -2.06. The highest BCUT2D eigenvalue weighted by Gasteiger charge is 2.23. The Kier molecular flexibility index (Phi) is 5.71. The molecule has 4 N–H and O–H groups in total. The number of nitrogens with zero attached hydrogens (tertiary/aromatic N) is 4. The Morgan fingerprint density at radius 1 is 1.28 bits per heavy atom. The van der Waals surface area contributed by atoms with Crippen LogP contribution in [0, 0.1) is 0 Å². The average molecular weight is 430 g/mol. The summed E-state index contributed by atoms with van der Waals surface area (Å²) in [6, 6.07) is 12.2. The molecule has 9 heteroatoms. The number of phenols is 1. The molecule has 0 saturated carbocycles. The first-order chi connectivity index (χ1) is 15.5. The number of para-hydroxylation sites is 2. The van der Waals surface area contributed by atoms with Gasteiger partial charge >= 0.3 is 0 Å². The molecule has 1 amide bonds. The molecule has 0 fully saturated rings. The number of nitrogens with two attached hydrogens (primary N) is 1. The Hall–Kier alpha value is -4.40. The fourth-order valence-corrected chi connectivity index (χ4v) is 3.25. The molecule has 0 saturated heterocycles. The molecule has 4 rings (SSSR count). The summed E-state index contributed by atoms with van der Waals surface area (Å²) in [5, 5.41) is 17.1. The third kappa shape index (κ3) is 3.83. The number of carbonyl (C=O) groups excluding carboxylic acids is 1. The van der Waals surface area contributed by atoms with E-state index in [1.807, 2.05) is 31.2 Å². The largest absolute Gasteiger partial charge is 0.504 e. The predicted molar refractivity (Wildman–Crippen MR) is 124 cm³/mol. The minimum Gasteiger partial charge on any atom is -0.504 e. The Bertz CT molecular complexity index is 1360. The van der Waals surface area contributed by atoms with Gasteiger partial charge in [-0.15, -0.1) is 6.58 Å². The lowest BCUT2D eigenvalue weighted by molar-refractivity contribution is 0.0960. The molecular formula is C23H22N6O3.